The van der Waals surface area contributed by atoms with E-state index < -0.39 is 10.0 Å². The lowest BCUT2D eigenvalue weighted by Gasteiger charge is -2.34. The van der Waals surface area contributed by atoms with Crippen molar-refractivity contribution in [1.29, 1.82) is 0 Å². The molecule has 5 nitrogen and oxygen atoms in total. The second kappa shape index (κ2) is 6.02. The Morgan fingerprint density at radius 2 is 2.00 bits per heavy atom. The summed E-state index contributed by atoms with van der Waals surface area (Å²) in [4.78, 5) is 2.22. The van der Waals surface area contributed by atoms with E-state index in [0.29, 0.717) is 32.7 Å². The number of sulfonamides is 1. The second-order valence-electron chi connectivity index (χ2n) is 4.73. The summed E-state index contributed by atoms with van der Waals surface area (Å²) in [6.45, 7) is 4.46. The van der Waals surface area contributed by atoms with Crippen molar-refractivity contribution in [2.75, 3.05) is 45.9 Å². The zero-order valence-corrected chi connectivity index (χ0v) is 11.4. The van der Waals surface area contributed by atoms with Crippen LogP contribution in [-0.4, -0.2) is 68.8 Å². The number of hydrogen-bond donors (Lipinski definition) is 0. The number of terminal acetylenes is 1. The molecule has 0 bridgehead atoms. The molecule has 0 aromatic carbocycles. The standard InChI is InChI=1S/C12H20N2O3S/c1-2-3-5-13-6-8-14(9-7-13)18(15,16)12-4-10-17-11-12/h1,12H,3-11H2/t12-/m0/s1. The number of ether oxygens (including phenoxy) is 1. The lowest BCUT2D eigenvalue weighted by Crippen LogP contribution is -2.51. The molecule has 2 aliphatic rings. The number of piperazine rings is 1. The summed E-state index contributed by atoms with van der Waals surface area (Å²) in [7, 11) is -3.16. The average molecular weight is 272 g/mol. The molecule has 2 fully saturated rings. The van der Waals surface area contributed by atoms with Crippen molar-refractivity contribution in [2.24, 2.45) is 0 Å². The molecule has 0 saturated carbocycles. The molecule has 102 valence electrons. The average Bonchev–Trinajstić information content (AvgIpc) is 2.91. The van der Waals surface area contributed by atoms with Crippen molar-refractivity contribution in [1.82, 2.24) is 9.21 Å². The molecule has 0 unspecified atom stereocenters. The Bertz CT molecular complexity index is 402. The summed E-state index contributed by atoms with van der Waals surface area (Å²) in [5, 5.41) is -0.338. The summed E-state index contributed by atoms with van der Waals surface area (Å²) in [6, 6.07) is 0. The normalized spacial score (nSPS) is 27.2. The number of rotatable bonds is 4. The van der Waals surface area contributed by atoms with Crippen molar-refractivity contribution < 1.29 is 13.2 Å². The Kier molecular flexibility index (Phi) is 4.62. The van der Waals surface area contributed by atoms with Crippen molar-refractivity contribution in [3.05, 3.63) is 0 Å². The lowest BCUT2D eigenvalue weighted by molar-refractivity contribution is 0.186. The predicted molar refractivity (Wildman–Crippen MR) is 69.6 cm³/mol. The van der Waals surface area contributed by atoms with Crippen molar-refractivity contribution >= 4 is 10.0 Å². The Hall–Kier alpha value is -0.610. The maximum Gasteiger partial charge on any atom is 0.219 e. The molecular weight excluding hydrogens is 252 g/mol. The van der Waals surface area contributed by atoms with Gasteiger partial charge in [-0.3, -0.25) is 4.90 Å². The van der Waals surface area contributed by atoms with E-state index in [1.165, 1.54) is 0 Å². The van der Waals surface area contributed by atoms with Crippen LogP contribution in [0.15, 0.2) is 0 Å². The predicted octanol–water partition coefficient (Wildman–Crippen LogP) is -0.254. The van der Waals surface area contributed by atoms with Crippen LogP contribution in [0.4, 0.5) is 0 Å². The van der Waals surface area contributed by atoms with Crippen LogP contribution in [0.3, 0.4) is 0 Å². The first kappa shape index (κ1) is 13.8. The monoisotopic (exact) mass is 272 g/mol. The summed E-state index contributed by atoms with van der Waals surface area (Å²) in [5.74, 6) is 2.61. The van der Waals surface area contributed by atoms with Gasteiger partial charge in [-0.25, -0.2) is 8.42 Å². The van der Waals surface area contributed by atoms with E-state index in [9.17, 15) is 8.42 Å². The number of nitrogens with zero attached hydrogens (tertiary/aromatic N) is 2. The van der Waals surface area contributed by atoms with E-state index in [0.717, 1.165) is 26.1 Å². The summed E-state index contributed by atoms with van der Waals surface area (Å²) in [5.41, 5.74) is 0. The van der Waals surface area contributed by atoms with Gasteiger partial charge in [-0.2, -0.15) is 4.31 Å². The molecule has 0 radical (unpaired) electrons. The van der Waals surface area contributed by atoms with E-state index in [1.807, 2.05) is 0 Å². The lowest BCUT2D eigenvalue weighted by atomic mass is 10.3. The van der Waals surface area contributed by atoms with Crippen LogP contribution in [0.5, 0.6) is 0 Å². The molecule has 0 aromatic rings. The van der Waals surface area contributed by atoms with Gasteiger partial charge in [0.2, 0.25) is 10.0 Å². The largest absolute Gasteiger partial charge is 0.380 e. The Morgan fingerprint density at radius 3 is 2.56 bits per heavy atom. The highest BCUT2D eigenvalue weighted by Gasteiger charge is 2.36. The van der Waals surface area contributed by atoms with E-state index in [2.05, 4.69) is 10.8 Å². The minimum absolute atomic E-state index is 0.338. The zero-order valence-electron chi connectivity index (χ0n) is 10.5. The first-order valence-corrected chi connectivity index (χ1v) is 7.87. The van der Waals surface area contributed by atoms with Crippen LogP contribution in [0, 0.1) is 12.3 Å². The SMILES string of the molecule is C#CCCN1CCN(S(=O)(=O)[C@H]2CCOC2)CC1. The quantitative estimate of drug-likeness (QED) is 0.662. The maximum absolute atomic E-state index is 12.3. The molecule has 6 heteroatoms. The van der Waals surface area contributed by atoms with Gasteiger partial charge >= 0.3 is 0 Å². The van der Waals surface area contributed by atoms with Gasteiger partial charge in [0.25, 0.3) is 0 Å². The fourth-order valence-corrected chi connectivity index (χ4v) is 4.15. The Labute approximate surface area is 109 Å². The van der Waals surface area contributed by atoms with Crippen LogP contribution < -0.4 is 0 Å². The van der Waals surface area contributed by atoms with Gasteiger partial charge < -0.3 is 4.74 Å². The van der Waals surface area contributed by atoms with Gasteiger partial charge in [0.05, 0.1) is 6.61 Å². The molecule has 0 N–H and O–H groups in total. The highest BCUT2D eigenvalue weighted by atomic mass is 32.2. The van der Waals surface area contributed by atoms with Crippen LogP contribution in [0.25, 0.3) is 0 Å². The topological polar surface area (TPSA) is 49.9 Å². The van der Waals surface area contributed by atoms with Gasteiger partial charge in [0.15, 0.2) is 0 Å². The van der Waals surface area contributed by atoms with Gasteiger partial charge in [0, 0.05) is 45.8 Å². The Balaban J connectivity index is 1.87. The van der Waals surface area contributed by atoms with Crippen LogP contribution in [0.2, 0.25) is 0 Å². The molecule has 0 aromatic heterocycles. The van der Waals surface area contributed by atoms with Gasteiger partial charge in [-0.05, 0) is 6.42 Å². The summed E-state index contributed by atoms with van der Waals surface area (Å²) in [6.07, 6.45) is 6.58. The zero-order chi connectivity index (χ0) is 13.0. The van der Waals surface area contributed by atoms with Crippen LogP contribution in [0.1, 0.15) is 12.8 Å². The second-order valence-corrected chi connectivity index (χ2v) is 6.94. The third-order valence-electron chi connectivity index (χ3n) is 3.57. The smallest absolute Gasteiger partial charge is 0.219 e. The molecule has 2 aliphatic heterocycles. The molecule has 0 amide bonds. The highest BCUT2D eigenvalue weighted by Crippen LogP contribution is 2.19. The van der Waals surface area contributed by atoms with Crippen LogP contribution >= 0.6 is 0 Å². The van der Waals surface area contributed by atoms with E-state index in [4.69, 9.17) is 11.2 Å². The minimum Gasteiger partial charge on any atom is -0.380 e. The highest BCUT2D eigenvalue weighted by molar-refractivity contribution is 7.89. The van der Waals surface area contributed by atoms with E-state index in [1.54, 1.807) is 4.31 Å². The van der Waals surface area contributed by atoms with Crippen molar-refractivity contribution in [3.63, 3.8) is 0 Å². The van der Waals surface area contributed by atoms with Gasteiger partial charge in [-0.15, -0.1) is 12.3 Å². The fourth-order valence-electron chi connectivity index (χ4n) is 2.39. The first-order valence-electron chi connectivity index (χ1n) is 6.37. The molecule has 0 spiro atoms. The molecule has 1 atom stereocenters. The molecular formula is C12H20N2O3S. The molecule has 18 heavy (non-hydrogen) atoms. The number of hydrogen-bond acceptors (Lipinski definition) is 4. The van der Waals surface area contributed by atoms with Gasteiger partial charge in [0.1, 0.15) is 5.25 Å². The first-order chi connectivity index (χ1) is 8.64. The summed E-state index contributed by atoms with van der Waals surface area (Å²) >= 11 is 0. The van der Waals surface area contributed by atoms with Gasteiger partial charge in [-0.1, -0.05) is 0 Å². The third kappa shape index (κ3) is 3.04. The molecule has 2 rings (SSSR count). The van der Waals surface area contributed by atoms with E-state index >= 15 is 0 Å². The van der Waals surface area contributed by atoms with Crippen molar-refractivity contribution in [3.8, 4) is 12.3 Å². The summed E-state index contributed by atoms with van der Waals surface area (Å²) < 4.78 is 31.4. The molecule has 2 heterocycles. The van der Waals surface area contributed by atoms with Crippen molar-refractivity contribution in [2.45, 2.75) is 18.1 Å². The molecule has 0 aliphatic carbocycles. The molecule has 2 saturated heterocycles. The fraction of sp³-hybridized carbons (Fsp3) is 0.833. The minimum atomic E-state index is -3.16. The van der Waals surface area contributed by atoms with E-state index in [-0.39, 0.29) is 5.25 Å². The van der Waals surface area contributed by atoms with Crippen LogP contribution in [-0.2, 0) is 14.8 Å². The Morgan fingerprint density at radius 1 is 1.28 bits per heavy atom. The maximum atomic E-state index is 12.3. The third-order valence-corrected chi connectivity index (χ3v) is 5.87.